The summed E-state index contributed by atoms with van der Waals surface area (Å²) in [7, 11) is 0. The van der Waals surface area contributed by atoms with Crippen molar-refractivity contribution in [3.63, 3.8) is 0 Å². The van der Waals surface area contributed by atoms with Crippen LogP contribution in [-0.4, -0.2) is 15.2 Å². The third-order valence-electron chi connectivity index (χ3n) is 3.04. The Balaban J connectivity index is 1.97. The maximum Gasteiger partial charge on any atom is 0.0934 e. The van der Waals surface area contributed by atoms with Gasteiger partial charge in [0.2, 0.25) is 0 Å². The van der Waals surface area contributed by atoms with Crippen molar-refractivity contribution < 1.29 is 0 Å². The fourth-order valence-corrected chi connectivity index (χ4v) is 2.42. The number of H-pyrrole nitrogens is 1. The van der Waals surface area contributed by atoms with Crippen LogP contribution in [0.4, 0.5) is 5.69 Å². The van der Waals surface area contributed by atoms with Crippen LogP contribution in [0.2, 0.25) is 0 Å². The number of aromatic amines is 1. The van der Waals surface area contributed by atoms with Gasteiger partial charge >= 0.3 is 0 Å². The Morgan fingerprint density at radius 2 is 2.21 bits per heavy atom. The Hall–Kier alpha value is -1.88. The van der Waals surface area contributed by atoms with E-state index in [0.717, 1.165) is 26.8 Å². The molecule has 2 heterocycles. The lowest BCUT2D eigenvalue weighted by Crippen LogP contribution is -2.07. The van der Waals surface area contributed by atoms with Crippen molar-refractivity contribution in [2.45, 2.75) is 13.0 Å². The topological polar surface area (TPSA) is 53.6 Å². The van der Waals surface area contributed by atoms with E-state index in [1.165, 1.54) is 0 Å². The molecule has 96 valence electrons. The zero-order valence-electron chi connectivity index (χ0n) is 10.4. The molecule has 5 heteroatoms. The minimum Gasteiger partial charge on any atom is -0.375 e. The highest BCUT2D eigenvalue weighted by Crippen LogP contribution is 2.26. The summed E-state index contributed by atoms with van der Waals surface area (Å²) in [4.78, 5) is 4.48. The van der Waals surface area contributed by atoms with Gasteiger partial charge in [-0.3, -0.25) is 10.1 Å². The molecule has 0 bridgehead atoms. The normalized spacial score (nSPS) is 12.5. The number of rotatable bonds is 3. The van der Waals surface area contributed by atoms with Crippen LogP contribution in [0.3, 0.4) is 0 Å². The zero-order chi connectivity index (χ0) is 13.2. The molecule has 2 N–H and O–H groups in total. The quantitative estimate of drug-likeness (QED) is 0.770. The minimum absolute atomic E-state index is 0.151. The number of para-hydroxylation sites is 1. The van der Waals surface area contributed by atoms with Crippen LogP contribution in [0.25, 0.3) is 10.9 Å². The summed E-state index contributed by atoms with van der Waals surface area (Å²) in [6, 6.07) is 10.3. The van der Waals surface area contributed by atoms with Crippen molar-refractivity contribution >= 4 is 32.5 Å². The summed E-state index contributed by atoms with van der Waals surface area (Å²) in [5, 5.41) is 11.5. The Bertz CT molecular complexity index is 694. The number of hydrogen-bond acceptors (Lipinski definition) is 3. The van der Waals surface area contributed by atoms with E-state index in [0.29, 0.717) is 0 Å². The molecule has 0 amide bonds. The molecule has 1 atom stereocenters. The van der Waals surface area contributed by atoms with Crippen molar-refractivity contribution in [2.24, 2.45) is 0 Å². The Kier molecular flexibility index (Phi) is 3.21. The molecular formula is C14H13BrN4. The van der Waals surface area contributed by atoms with E-state index in [-0.39, 0.29) is 6.04 Å². The lowest BCUT2D eigenvalue weighted by atomic mass is 10.1. The molecule has 0 aliphatic rings. The average molecular weight is 317 g/mol. The van der Waals surface area contributed by atoms with Gasteiger partial charge in [0.1, 0.15) is 0 Å². The highest BCUT2D eigenvalue weighted by atomic mass is 79.9. The number of pyridine rings is 1. The predicted octanol–water partition coefficient (Wildman–Crippen LogP) is 3.89. The van der Waals surface area contributed by atoms with Crippen molar-refractivity contribution in [3.05, 3.63) is 52.9 Å². The van der Waals surface area contributed by atoms with Crippen LogP contribution < -0.4 is 5.32 Å². The number of benzene rings is 1. The molecule has 19 heavy (non-hydrogen) atoms. The second kappa shape index (κ2) is 5.01. The first-order valence-corrected chi connectivity index (χ1v) is 6.83. The molecule has 0 aliphatic carbocycles. The van der Waals surface area contributed by atoms with E-state index in [1.54, 1.807) is 6.20 Å². The number of anilines is 1. The van der Waals surface area contributed by atoms with Crippen molar-refractivity contribution in [3.8, 4) is 0 Å². The van der Waals surface area contributed by atoms with Gasteiger partial charge < -0.3 is 5.32 Å². The fraction of sp³-hybridized carbons (Fsp3) is 0.143. The van der Waals surface area contributed by atoms with Crippen LogP contribution in [0.1, 0.15) is 18.7 Å². The zero-order valence-corrected chi connectivity index (χ0v) is 12.0. The molecule has 2 aromatic heterocycles. The van der Waals surface area contributed by atoms with Crippen molar-refractivity contribution in [1.29, 1.82) is 0 Å². The predicted molar refractivity (Wildman–Crippen MR) is 80.1 cm³/mol. The number of fused-ring (bicyclic) bond motifs is 1. The fourth-order valence-electron chi connectivity index (χ4n) is 2.07. The van der Waals surface area contributed by atoms with Crippen LogP contribution >= 0.6 is 15.9 Å². The van der Waals surface area contributed by atoms with Crippen molar-refractivity contribution in [2.75, 3.05) is 5.32 Å². The minimum atomic E-state index is 0.151. The molecule has 0 saturated carbocycles. The lowest BCUT2D eigenvalue weighted by molar-refractivity contribution is 0.826. The number of halogens is 1. The molecule has 0 spiro atoms. The SMILES string of the molecule is CC(Nc1cccc2cc(Br)cnc12)c1ccn[nH]1. The highest BCUT2D eigenvalue weighted by Gasteiger charge is 2.09. The number of nitrogens with zero attached hydrogens (tertiary/aromatic N) is 2. The smallest absolute Gasteiger partial charge is 0.0934 e. The second-order valence-corrected chi connectivity index (χ2v) is 5.32. The lowest BCUT2D eigenvalue weighted by Gasteiger charge is -2.15. The number of nitrogens with one attached hydrogen (secondary N) is 2. The molecule has 0 saturated heterocycles. The summed E-state index contributed by atoms with van der Waals surface area (Å²) >= 11 is 3.44. The molecule has 4 nitrogen and oxygen atoms in total. The van der Waals surface area contributed by atoms with Gasteiger partial charge in [-0.15, -0.1) is 0 Å². The van der Waals surface area contributed by atoms with Gasteiger partial charge in [0, 0.05) is 22.3 Å². The van der Waals surface area contributed by atoms with Gasteiger partial charge in [0.25, 0.3) is 0 Å². The molecule has 3 rings (SSSR count). The largest absolute Gasteiger partial charge is 0.375 e. The van der Waals surface area contributed by atoms with Gasteiger partial charge in [-0.1, -0.05) is 12.1 Å². The van der Waals surface area contributed by atoms with E-state index < -0.39 is 0 Å². The first kappa shape index (κ1) is 12.2. The molecule has 0 aliphatic heterocycles. The van der Waals surface area contributed by atoms with Crippen LogP contribution in [0.5, 0.6) is 0 Å². The average Bonchev–Trinajstić information content (AvgIpc) is 2.92. The maximum atomic E-state index is 4.48. The first-order valence-electron chi connectivity index (χ1n) is 6.04. The Morgan fingerprint density at radius 3 is 3.00 bits per heavy atom. The van der Waals surface area contributed by atoms with Gasteiger partial charge in [-0.05, 0) is 41.1 Å². The molecule has 3 aromatic rings. The monoisotopic (exact) mass is 316 g/mol. The van der Waals surface area contributed by atoms with Gasteiger partial charge in [-0.2, -0.15) is 5.10 Å². The molecule has 0 radical (unpaired) electrons. The van der Waals surface area contributed by atoms with E-state index in [1.807, 2.05) is 24.4 Å². The van der Waals surface area contributed by atoms with E-state index >= 15 is 0 Å². The van der Waals surface area contributed by atoms with E-state index in [2.05, 4.69) is 55.5 Å². The third kappa shape index (κ3) is 2.46. The van der Waals surface area contributed by atoms with Gasteiger partial charge in [0.15, 0.2) is 0 Å². The molecule has 0 fully saturated rings. The first-order chi connectivity index (χ1) is 9.24. The van der Waals surface area contributed by atoms with Crippen LogP contribution in [-0.2, 0) is 0 Å². The standard InChI is InChI=1S/C14H13BrN4/c1-9(12-5-6-17-19-12)18-13-4-2-3-10-7-11(15)8-16-14(10)13/h2-9,18H,1H3,(H,17,19). The maximum absolute atomic E-state index is 4.48. The summed E-state index contributed by atoms with van der Waals surface area (Å²) in [5.74, 6) is 0. The Morgan fingerprint density at radius 1 is 1.32 bits per heavy atom. The van der Waals surface area contributed by atoms with Crippen molar-refractivity contribution in [1.82, 2.24) is 15.2 Å². The van der Waals surface area contributed by atoms with E-state index in [4.69, 9.17) is 0 Å². The number of aromatic nitrogens is 3. The van der Waals surface area contributed by atoms with Crippen LogP contribution in [0, 0.1) is 0 Å². The molecular weight excluding hydrogens is 304 g/mol. The molecule has 1 unspecified atom stereocenters. The molecule has 1 aromatic carbocycles. The number of hydrogen-bond donors (Lipinski definition) is 2. The van der Waals surface area contributed by atoms with Crippen LogP contribution in [0.15, 0.2) is 47.2 Å². The summed E-state index contributed by atoms with van der Waals surface area (Å²) in [6.45, 7) is 2.09. The third-order valence-corrected chi connectivity index (χ3v) is 3.47. The summed E-state index contributed by atoms with van der Waals surface area (Å²) in [6.07, 6.45) is 3.57. The van der Waals surface area contributed by atoms with E-state index in [9.17, 15) is 0 Å². The summed E-state index contributed by atoms with van der Waals surface area (Å²) < 4.78 is 0.985. The second-order valence-electron chi connectivity index (χ2n) is 4.41. The highest BCUT2D eigenvalue weighted by molar-refractivity contribution is 9.10. The summed E-state index contributed by atoms with van der Waals surface area (Å²) in [5.41, 5.74) is 3.04. The van der Waals surface area contributed by atoms with Gasteiger partial charge in [0.05, 0.1) is 22.9 Å². The Labute approximate surface area is 119 Å². The van der Waals surface area contributed by atoms with Gasteiger partial charge in [-0.25, -0.2) is 0 Å².